The molecule has 0 aliphatic heterocycles. The second-order valence-corrected chi connectivity index (χ2v) is 4.93. The van der Waals surface area contributed by atoms with Crippen LogP contribution in [0.25, 0.3) is 6.08 Å². The molecule has 1 aliphatic carbocycles. The maximum absolute atomic E-state index is 5.33. The first-order chi connectivity index (χ1) is 9.26. The molecular formula is C16H23NO2. The minimum absolute atomic E-state index is 0.750. The van der Waals surface area contributed by atoms with Crippen LogP contribution in [0.2, 0.25) is 0 Å². The summed E-state index contributed by atoms with van der Waals surface area (Å²) in [6, 6.07) is 6.78. The summed E-state index contributed by atoms with van der Waals surface area (Å²) in [7, 11) is 3.32. The second kappa shape index (κ2) is 6.62. The molecule has 104 valence electrons. The van der Waals surface area contributed by atoms with Gasteiger partial charge in [-0.2, -0.15) is 0 Å². The van der Waals surface area contributed by atoms with E-state index in [4.69, 9.17) is 9.47 Å². The summed E-state index contributed by atoms with van der Waals surface area (Å²) in [6.45, 7) is 3.18. The average molecular weight is 261 g/mol. The highest BCUT2D eigenvalue weighted by molar-refractivity contribution is 5.58. The number of rotatable bonds is 7. The van der Waals surface area contributed by atoms with Gasteiger partial charge in [-0.25, -0.2) is 0 Å². The van der Waals surface area contributed by atoms with Crippen LogP contribution >= 0.6 is 0 Å². The number of ether oxygens (including phenoxy) is 2. The zero-order valence-electron chi connectivity index (χ0n) is 12.0. The average Bonchev–Trinajstić information content (AvgIpc) is 3.27. The highest BCUT2D eigenvalue weighted by Crippen LogP contribution is 2.28. The van der Waals surface area contributed by atoms with Gasteiger partial charge in [0, 0.05) is 12.6 Å². The molecule has 1 aliphatic rings. The topological polar surface area (TPSA) is 30.5 Å². The lowest BCUT2D eigenvalue weighted by molar-refractivity contribution is 0.355. The quantitative estimate of drug-likeness (QED) is 0.817. The van der Waals surface area contributed by atoms with Gasteiger partial charge in [-0.15, -0.1) is 0 Å². The van der Waals surface area contributed by atoms with Gasteiger partial charge in [-0.3, -0.25) is 0 Å². The lowest BCUT2D eigenvalue weighted by Gasteiger charge is -2.10. The minimum atomic E-state index is 0.750. The van der Waals surface area contributed by atoms with Crippen molar-refractivity contribution in [1.29, 1.82) is 0 Å². The van der Waals surface area contributed by atoms with Crippen molar-refractivity contribution in [2.24, 2.45) is 0 Å². The van der Waals surface area contributed by atoms with Crippen molar-refractivity contribution in [3.05, 3.63) is 29.3 Å². The predicted molar refractivity (Wildman–Crippen MR) is 78.8 cm³/mol. The Kier molecular flexibility index (Phi) is 4.86. The smallest absolute Gasteiger partial charge is 0.161 e. The fraction of sp³-hybridized carbons (Fsp3) is 0.500. The van der Waals surface area contributed by atoms with Gasteiger partial charge >= 0.3 is 0 Å². The van der Waals surface area contributed by atoms with Crippen molar-refractivity contribution >= 4 is 6.08 Å². The molecule has 3 nitrogen and oxygen atoms in total. The van der Waals surface area contributed by atoms with Crippen LogP contribution in [0.4, 0.5) is 0 Å². The number of methoxy groups -OCH3 is 2. The summed E-state index contributed by atoms with van der Waals surface area (Å²) in [5, 5.41) is 3.55. The molecule has 0 atom stereocenters. The van der Waals surface area contributed by atoms with Gasteiger partial charge < -0.3 is 14.8 Å². The molecule has 0 aromatic heterocycles. The molecule has 1 aromatic rings. The maximum Gasteiger partial charge on any atom is 0.161 e. The third kappa shape index (κ3) is 4.00. The van der Waals surface area contributed by atoms with Gasteiger partial charge in [0.15, 0.2) is 11.5 Å². The van der Waals surface area contributed by atoms with E-state index in [2.05, 4.69) is 24.4 Å². The Labute approximate surface area is 115 Å². The Balaban J connectivity index is 2.09. The fourth-order valence-corrected chi connectivity index (χ4v) is 2.02. The molecule has 19 heavy (non-hydrogen) atoms. The Bertz CT molecular complexity index is 450. The molecule has 0 spiro atoms. The largest absolute Gasteiger partial charge is 0.493 e. The van der Waals surface area contributed by atoms with Gasteiger partial charge in [-0.05, 0) is 37.0 Å². The van der Waals surface area contributed by atoms with E-state index in [0.717, 1.165) is 36.1 Å². The molecular weight excluding hydrogens is 238 g/mol. The number of hydrogen-bond donors (Lipinski definition) is 1. The van der Waals surface area contributed by atoms with E-state index < -0.39 is 0 Å². The van der Waals surface area contributed by atoms with Crippen LogP contribution in [-0.2, 0) is 0 Å². The van der Waals surface area contributed by atoms with Crippen molar-refractivity contribution in [3.8, 4) is 11.5 Å². The first-order valence-electron chi connectivity index (χ1n) is 6.91. The highest BCUT2D eigenvalue weighted by Gasteiger charge is 2.20. The van der Waals surface area contributed by atoms with Gasteiger partial charge in [0.05, 0.1) is 14.2 Å². The summed E-state index contributed by atoms with van der Waals surface area (Å²) < 4.78 is 10.6. The number of hydrogen-bond acceptors (Lipinski definition) is 3. The van der Waals surface area contributed by atoms with Gasteiger partial charge in [0.25, 0.3) is 0 Å². The van der Waals surface area contributed by atoms with Crippen LogP contribution in [-0.4, -0.2) is 26.8 Å². The van der Waals surface area contributed by atoms with Crippen LogP contribution < -0.4 is 14.8 Å². The van der Waals surface area contributed by atoms with E-state index in [-0.39, 0.29) is 0 Å². The van der Waals surface area contributed by atoms with Crippen molar-refractivity contribution < 1.29 is 9.47 Å². The molecule has 0 amide bonds. The lowest BCUT2D eigenvalue weighted by atomic mass is 10.1. The summed E-state index contributed by atoms with van der Waals surface area (Å²) in [6.07, 6.45) is 5.95. The predicted octanol–water partition coefficient (Wildman–Crippen LogP) is 3.25. The number of nitrogens with one attached hydrogen (secondary N) is 1. The molecule has 1 aromatic carbocycles. The Morgan fingerprint density at radius 1 is 1.26 bits per heavy atom. The zero-order chi connectivity index (χ0) is 13.7. The third-order valence-electron chi connectivity index (χ3n) is 3.43. The first kappa shape index (κ1) is 13.9. The van der Waals surface area contributed by atoms with Crippen LogP contribution in [0.15, 0.2) is 23.8 Å². The zero-order valence-corrected chi connectivity index (χ0v) is 12.0. The molecule has 1 saturated carbocycles. The fourth-order valence-electron chi connectivity index (χ4n) is 2.02. The molecule has 0 heterocycles. The Hall–Kier alpha value is -1.48. The summed E-state index contributed by atoms with van der Waals surface area (Å²) in [5.41, 5.74) is 2.58. The minimum Gasteiger partial charge on any atom is -0.493 e. The van der Waals surface area contributed by atoms with E-state index in [9.17, 15) is 0 Å². The van der Waals surface area contributed by atoms with Crippen LogP contribution in [0, 0.1) is 0 Å². The van der Waals surface area contributed by atoms with E-state index in [1.54, 1.807) is 14.2 Å². The second-order valence-electron chi connectivity index (χ2n) is 4.93. The first-order valence-corrected chi connectivity index (χ1v) is 6.91. The van der Waals surface area contributed by atoms with Gasteiger partial charge in [-0.1, -0.05) is 24.6 Å². The van der Waals surface area contributed by atoms with Crippen molar-refractivity contribution in [3.63, 3.8) is 0 Å². The van der Waals surface area contributed by atoms with E-state index in [1.807, 2.05) is 12.1 Å². The van der Waals surface area contributed by atoms with Crippen LogP contribution in [0.5, 0.6) is 11.5 Å². The van der Waals surface area contributed by atoms with Gasteiger partial charge in [0.2, 0.25) is 0 Å². The maximum atomic E-state index is 5.33. The molecule has 0 radical (unpaired) electrons. The standard InChI is InChI=1S/C16H23NO2/c1-4-12(11-17-14-6-7-14)9-13-5-8-15(18-2)16(10-13)19-3/h5,8-10,14,17H,4,6-7,11H2,1-3H3. The number of benzene rings is 1. The normalized spacial score (nSPS) is 15.4. The third-order valence-corrected chi connectivity index (χ3v) is 3.43. The van der Waals surface area contributed by atoms with E-state index >= 15 is 0 Å². The molecule has 3 heteroatoms. The Morgan fingerprint density at radius 3 is 2.58 bits per heavy atom. The summed E-state index contributed by atoms with van der Waals surface area (Å²) >= 11 is 0. The molecule has 1 fully saturated rings. The molecule has 0 bridgehead atoms. The molecule has 2 rings (SSSR count). The monoisotopic (exact) mass is 261 g/mol. The van der Waals surface area contributed by atoms with Crippen LogP contribution in [0.3, 0.4) is 0 Å². The van der Waals surface area contributed by atoms with Crippen LogP contribution in [0.1, 0.15) is 31.7 Å². The molecule has 0 saturated heterocycles. The van der Waals surface area contributed by atoms with Crippen molar-refractivity contribution in [2.75, 3.05) is 20.8 Å². The highest BCUT2D eigenvalue weighted by atomic mass is 16.5. The summed E-state index contributed by atoms with van der Waals surface area (Å²) in [5.74, 6) is 1.55. The molecule has 1 N–H and O–H groups in total. The van der Waals surface area contributed by atoms with Crippen molar-refractivity contribution in [1.82, 2.24) is 5.32 Å². The SMILES string of the molecule is CCC(=Cc1ccc(OC)c(OC)c1)CNC1CC1. The molecule has 0 unspecified atom stereocenters. The van der Waals surface area contributed by atoms with Gasteiger partial charge in [0.1, 0.15) is 0 Å². The summed E-state index contributed by atoms with van der Waals surface area (Å²) in [4.78, 5) is 0. The van der Waals surface area contributed by atoms with E-state index in [1.165, 1.54) is 18.4 Å². The van der Waals surface area contributed by atoms with Crippen molar-refractivity contribution in [2.45, 2.75) is 32.2 Å². The Morgan fingerprint density at radius 2 is 2.00 bits per heavy atom. The van der Waals surface area contributed by atoms with E-state index in [0.29, 0.717) is 0 Å². The lowest BCUT2D eigenvalue weighted by Crippen LogP contribution is -2.18.